The van der Waals surface area contributed by atoms with Crippen molar-refractivity contribution in [3.05, 3.63) is 152 Å². The lowest BCUT2D eigenvalue weighted by molar-refractivity contribution is 1.17. The number of hydrogen-bond donors (Lipinski definition) is 0. The highest BCUT2D eigenvalue weighted by Gasteiger charge is 2.19. The van der Waals surface area contributed by atoms with Crippen LogP contribution < -0.4 is 0 Å². The highest BCUT2D eigenvalue weighted by molar-refractivity contribution is 7.23. The zero-order chi connectivity index (χ0) is 28.3. The molecule has 43 heavy (non-hydrogen) atoms. The van der Waals surface area contributed by atoms with E-state index in [0.29, 0.717) is 0 Å². The molecule has 0 saturated heterocycles. The van der Waals surface area contributed by atoms with E-state index in [0.717, 1.165) is 33.8 Å². The van der Waals surface area contributed by atoms with Crippen molar-refractivity contribution >= 4 is 48.9 Å². The summed E-state index contributed by atoms with van der Waals surface area (Å²) in [7, 11) is 0. The number of hydrogen-bond acceptors (Lipinski definition) is 2. The summed E-state index contributed by atoms with van der Waals surface area (Å²) in [5.74, 6) is 0. The molecule has 0 radical (unpaired) electrons. The summed E-state index contributed by atoms with van der Waals surface area (Å²) >= 11 is 1.88. The number of rotatable bonds is 4. The van der Waals surface area contributed by atoms with Gasteiger partial charge in [-0.1, -0.05) is 103 Å². The highest BCUT2D eigenvalue weighted by atomic mass is 32.1. The van der Waals surface area contributed by atoms with E-state index in [-0.39, 0.29) is 0 Å². The third-order valence-electron chi connectivity index (χ3n) is 8.35. The average Bonchev–Trinajstić information content (AvgIpc) is 3.77. The van der Waals surface area contributed by atoms with Crippen LogP contribution in [0.2, 0.25) is 0 Å². The molecular formula is C39H25N3S. The van der Waals surface area contributed by atoms with Gasteiger partial charge >= 0.3 is 0 Å². The smallest absolute Gasteiger partial charge is 0.137 e. The fourth-order valence-corrected chi connectivity index (χ4v) is 7.63. The maximum absolute atomic E-state index is 5.03. The standard InChI is InChI=1S/C39H25N3S/c1-3-11-26(12-4-1)34-25-29-20-23-33-36(39(29)43-34)31-15-7-8-16-32(31)42(33)30-21-18-28(19-22-30)38-37(27-13-5-2-6-14-27)40-35-17-9-10-24-41(35)38/h1-25H. The van der Waals surface area contributed by atoms with Crippen molar-refractivity contribution in [2.75, 3.05) is 0 Å². The number of pyridine rings is 1. The second-order valence-corrected chi connectivity index (χ2v) is 11.9. The van der Waals surface area contributed by atoms with Crippen LogP contribution in [-0.2, 0) is 0 Å². The zero-order valence-electron chi connectivity index (χ0n) is 23.2. The molecule has 0 unspecified atom stereocenters. The number of benzene rings is 5. The lowest BCUT2D eigenvalue weighted by Gasteiger charge is -2.10. The molecule has 9 aromatic rings. The fraction of sp³-hybridized carbons (Fsp3) is 0. The Morgan fingerprint density at radius 3 is 2.09 bits per heavy atom. The maximum atomic E-state index is 5.03. The van der Waals surface area contributed by atoms with Gasteiger partial charge in [0.25, 0.3) is 0 Å². The summed E-state index contributed by atoms with van der Waals surface area (Å²) in [5.41, 5.74) is 10.1. The monoisotopic (exact) mass is 567 g/mol. The molecule has 202 valence electrons. The number of para-hydroxylation sites is 1. The van der Waals surface area contributed by atoms with Crippen LogP contribution in [0.15, 0.2) is 152 Å². The van der Waals surface area contributed by atoms with Gasteiger partial charge in [0.2, 0.25) is 0 Å². The normalized spacial score (nSPS) is 11.7. The Kier molecular flexibility index (Phi) is 5.37. The Hall–Kier alpha value is -5.45. The molecule has 0 bridgehead atoms. The SMILES string of the molecule is c1ccc(-c2cc3ccc4c(c5ccccc5n4-c4ccc(-c5c(-c6ccccc6)nc6ccccn56)cc4)c3s2)cc1. The largest absolute Gasteiger partial charge is 0.309 e. The van der Waals surface area contributed by atoms with Crippen LogP contribution in [0.3, 0.4) is 0 Å². The molecule has 3 nitrogen and oxygen atoms in total. The first-order valence-corrected chi connectivity index (χ1v) is 15.3. The van der Waals surface area contributed by atoms with Gasteiger partial charge < -0.3 is 4.57 Å². The molecule has 0 spiro atoms. The minimum absolute atomic E-state index is 0.942. The highest BCUT2D eigenvalue weighted by Crippen LogP contribution is 2.43. The van der Waals surface area contributed by atoms with Gasteiger partial charge in [0.05, 0.1) is 22.4 Å². The molecule has 0 N–H and O–H groups in total. The summed E-state index contributed by atoms with van der Waals surface area (Å²) in [4.78, 5) is 6.32. The van der Waals surface area contributed by atoms with Crippen LogP contribution in [0.4, 0.5) is 0 Å². The number of imidazole rings is 1. The van der Waals surface area contributed by atoms with Crippen molar-refractivity contribution in [2.45, 2.75) is 0 Å². The molecule has 0 amide bonds. The summed E-state index contributed by atoms with van der Waals surface area (Å²) in [5, 5.41) is 3.88. The van der Waals surface area contributed by atoms with Gasteiger partial charge in [-0.05, 0) is 53.4 Å². The van der Waals surface area contributed by atoms with E-state index in [1.807, 2.05) is 23.5 Å². The van der Waals surface area contributed by atoms with E-state index >= 15 is 0 Å². The lowest BCUT2D eigenvalue weighted by Crippen LogP contribution is -1.95. The molecule has 0 aliphatic carbocycles. The molecule has 0 aliphatic rings. The van der Waals surface area contributed by atoms with E-state index in [1.54, 1.807) is 0 Å². The van der Waals surface area contributed by atoms with Crippen LogP contribution in [-0.4, -0.2) is 14.0 Å². The molecular weight excluding hydrogens is 543 g/mol. The molecule has 4 heterocycles. The van der Waals surface area contributed by atoms with Gasteiger partial charge in [0.1, 0.15) is 5.65 Å². The van der Waals surface area contributed by atoms with Gasteiger partial charge in [-0.15, -0.1) is 11.3 Å². The summed E-state index contributed by atoms with van der Waals surface area (Å²) in [6, 6.07) is 51.9. The molecule has 9 rings (SSSR count). The molecule has 0 aliphatic heterocycles. The van der Waals surface area contributed by atoms with Gasteiger partial charge in [0, 0.05) is 43.4 Å². The first-order valence-electron chi connectivity index (χ1n) is 14.5. The zero-order valence-corrected chi connectivity index (χ0v) is 24.0. The van der Waals surface area contributed by atoms with Gasteiger partial charge in [0.15, 0.2) is 0 Å². The minimum Gasteiger partial charge on any atom is -0.309 e. The summed E-state index contributed by atoms with van der Waals surface area (Å²) in [6.45, 7) is 0. The topological polar surface area (TPSA) is 22.2 Å². The van der Waals surface area contributed by atoms with Crippen LogP contribution in [0.25, 0.3) is 76.2 Å². The predicted octanol–water partition coefficient (Wildman–Crippen LogP) is 10.6. The quantitative estimate of drug-likeness (QED) is 0.207. The molecule has 4 aromatic heterocycles. The van der Waals surface area contributed by atoms with Crippen molar-refractivity contribution in [3.8, 4) is 38.6 Å². The number of nitrogens with zero attached hydrogens (tertiary/aromatic N) is 3. The van der Waals surface area contributed by atoms with E-state index < -0.39 is 0 Å². The molecule has 0 saturated carbocycles. The Morgan fingerprint density at radius 1 is 0.558 bits per heavy atom. The van der Waals surface area contributed by atoms with Crippen molar-refractivity contribution in [1.29, 1.82) is 0 Å². The first kappa shape index (κ1) is 24.2. The van der Waals surface area contributed by atoms with Crippen LogP contribution in [0.1, 0.15) is 0 Å². The van der Waals surface area contributed by atoms with Crippen LogP contribution in [0, 0.1) is 0 Å². The predicted molar refractivity (Wildman–Crippen MR) is 181 cm³/mol. The van der Waals surface area contributed by atoms with E-state index in [9.17, 15) is 0 Å². The Morgan fingerprint density at radius 2 is 1.28 bits per heavy atom. The van der Waals surface area contributed by atoms with Gasteiger partial charge in [-0.3, -0.25) is 4.40 Å². The van der Waals surface area contributed by atoms with Crippen molar-refractivity contribution < 1.29 is 0 Å². The van der Waals surface area contributed by atoms with Crippen molar-refractivity contribution in [3.63, 3.8) is 0 Å². The van der Waals surface area contributed by atoms with Gasteiger partial charge in [-0.2, -0.15) is 0 Å². The van der Waals surface area contributed by atoms with Crippen molar-refractivity contribution in [1.82, 2.24) is 14.0 Å². The Labute approximate surface area is 252 Å². The number of fused-ring (bicyclic) bond motifs is 6. The van der Waals surface area contributed by atoms with Crippen LogP contribution in [0.5, 0.6) is 0 Å². The second kappa shape index (κ2) is 9.55. The average molecular weight is 568 g/mol. The molecule has 5 aromatic carbocycles. The minimum atomic E-state index is 0.942. The number of aromatic nitrogens is 3. The Balaban J connectivity index is 1.23. The first-order chi connectivity index (χ1) is 21.3. The maximum Gasteiger partial charge on any atom is 0.137 e. The number of thiophene rings is 1. The van der Waals surface area contributed by atoms with Gasteiger partial charge in [-0.25, -0.2) is 4.98 Å². The third kappa shape index (κ3) is 3.77. The van der Waals surface area contributed by atoms with Crippen molar-refractivity contribution in [2.24, 2.45) is 0 Å². The summed E-state index contributed by atoms with van der Waals surface area (Å²) < 4.78 is 5.93. The Bertz CT molecular complexity index is 2430. The fourth-order valence-electron chi connectivity index (χ4n) is 6.41. The van der Waals surface area contributed by atoms with E-state index in [4.69, 9.17) is 4.98 Å². The third-order valence-corrected chi connectivity index (χ3v) is 9.57. The van der Waals surface area contributed by atoms with E-state index in [2.05, 4.69) is 149 Å². The molecule has 0 atom stereocenters. The molecule has 4 heteroatoms. The summed E-state index contributed by atoms with van der Waals surface area (Å²) in [6.07, 6.45) is 2.10. The second-order valence-electron chi connectivity index (χ2n) is 10.9. The lowest BCUT2D eigenvalue weighted by atomic mass is 10.0. The van der Waals surface area contributed by atoms with Crippen LogP contribution >= 0.6 is 11.3 Å². The van der Waals surface area contributed by atoms with E-state index in [1.165, 1.54) is 42.3 Å². The molecule has 0 fully saturated rings.